The number of hydrogen-bond donors (Lipinski definition) is 0. The number of likely N-dealkylation sites (N-methyl/N-ethyl adjacent to an activating group) is 1. The van der Waals surface area contributed by atoms with E-state index < -0.39 is 11.0 Å². The fourth-order valence-electron chi connectivity index (χ4n) is 2.35. The van der Waals surface area contributed by atoms with E-state index in [0.29, 0.717) is 5.75 Å². The lowest BCUT2D eigenvalue weighted by atomic mass is 10.2. The topological polar surface area (TPSA) is 42.0 Å². The van der Waals surface area contributed by atoms with E-state index in [4.69, 9.17) is 9.47 Å². The van der Waals surface area contributed by atoms with Crippen molar-refractivity contribution in [3.8, 4) is 11.5 Å². The van der Waals surface area contributed by atoms with Crippen LogP contribution in [0.2, 0.25) is 0 Å². The van der Waals surface area contributed by atoms with Crippen LogP contribution in [0, 0.1) is 6.92 Å². The van der Waals surface area contributed by atoms with E-state index in [9.17, 15) is 4.21 Å². The summed E-state index contributed by atoms with van der Waals surface area (Å²) in [7, 11) is 4.12. The molecule has 0 N–H and O–H groups in total. The van der Waals surface area contributed by atoms with E-state index in [0.717, 1.165) is 42.4 Å². The van der Waals surface area contributed by atoms with Gasteiger partial charge in [0, 0.05) is 31.7 Å². The molecule has 1 atom stereocenters. The Bertz CT molecular complexity index is 499. The summed E-state index contributed by atoms with van der Waals surface area (Å²) >= 11 is 0. The minimum Gasteiger partial charge on any atom is -0.496 e. The van der Waals surface area contributed by atoms with Gasteiger partial charge in [0.1, 0.15) is 22.5 Å². The van der Waals surface area contributed by atoms with Crippen LogP contribution < -0.4 is 9.47 Å². The summed E-state index contributed by atoms with van der Waals surface area (Å²) in [5, 5.41) is 0. The Kier molecular flexibility index (Phi) is 5.01. The number of rotatable bonds is 4. The van der Waals surface area contributed by atoms with Crippen LogP contribution in [0.1, 0.15) is 5.56 Å². The fraction of sp³-hybridized carbons (Fsp3) is 0.571. The van der Waals surface area contributed by atoms with Crippen molar-refractivity contribution in [2.24, 2.45) is 0 Å². The van der Waals surface area contributed by atoms with E-state index in [-0.39, 0.29) is 0 Å². The van der Waals surface area contributed by atoms with Crippen LogP contribution in [-0.2, 0) is 11.0 Å². The maximum absolute atomic E-state index is 12.7. The molecule has 1 fully saturated rings. The molecule has 1 saturated heterocycles. The van der Waals surface area contributed by atoms with Gasteiger partial charge in [0.15, 0.2) is 0 Å². The van der Waals surface area contributed by atoms with E-state index in [2.05, 4.69) is 11.9 Å². The minimum atomic E-state index is -1.19. The molecule has 2 rings (SSSR count). The third-order valence-electron chi connectivity index (χ3n) is 3.63. The van der Waals surface area contributed by atoms with Gasteiger partial charge in [0.25, 0.3) is 0 Å². The highest BCUT2D eigenvalue weighted by Gasteiger charge is 2.24. The number of hydrogen-bond acceptors (Lipinski definition) is 4. The molecule has 20 heavy (non-hydrogen) atoms. The second-order valence-electron chi connectivity index (χ2n) is 4.91. The first-order valence-electron chi connectivity index (χ1n) is 6.65. The summed E-state index contributed by atoms with van der Waals surface area (Å²) in [5.74, 6) is 1.41. The van der Waals surface area contributed by atoms with Crippen LogP contribution in [0.3, 0.4) is 0 Å². The molecular weight excluding hydrogens is 276 g/mol. The van der Waals surface area contributed by atoms with Gasteiger partial charge in [-0.25, -0.2) is 8.51 Å². The second-order valence-corrected chi connectivity index (χ2v) is 6.36. The molecule has 0 aliphatic carbocycles. The molecule has 0 spiro atoms. The highest BCUT2D eigenvalue weighted by Crippen LogP contribution is 2.34. The zero-order valence-corrected chi connectivity index (χ0v) is 13.3. The molecule has 1 aromatic rings. The fourth-order valence-corrected chi connectivity index (χ4v) is 3.71. The molecule has 1 aliphatic heterocycles. The largest absolute Gasteiger partial charge is 0.496 e. The van der Waals surface area contributed by atoms with Crippen LogP contribution >= 0.6 is 0 Å². The van der Waals surface area contributed by atoms with Gasteiger partial charge in [0.2, 0.25) is 0 Å². The van der Waals surface area contributed by atoms with E-state index in [1.165, 1.54) is 0 Å². The Balaban J connectivity index is 2.28. The van der Waals surface area contributed by atoms with E-state index in [1.54, 1.807) is 14.2 Å². The van der Waals surface area contributed by atoms with Crippen molar-refractivity contribution < 1.29 is 13.7 Å². The van der Waals surface area contributed by atoms with Crippen molar-refractivity contribution in [1.29, 1.82) is 0 Å². The zero-order valence-electron chi connectivity index (χ0n) is 12.5. The van der Waals surface area contributed by atoms with Crippen LogP contribution in [0.25, 0.3) is 0 Å². The average Bonchev–Trinajstić information content (AvgIpc) is 2.47. The Labute approximate surface area is 123 Å². The molecule has 0 amide bonds. The lowest BCUT2D eigenvalue weighted by Crippen LogP contribution is -2.45. The van der Waals surface area contributed by atoms with E-state index in [1.807, 2.05) is 23.4 Å². The van der Waals surface area contributed by atoms with Crippen molar-refractivity contribution in [3.05, 3.63) is 17.7 Å². The molecule has 1 heterocycles. The Morgan fingerprint density at radius 3 is 2.30 bits per heavy atom. The van der Waals surface area contributed by atoms with Crippen molar-refractivity contribution in [3.63, 3.8) is 0 Å². The van der Waals surface area contributed by atoms with Gasteiger partial charge in [-0.3, -0.25) is 0 Å². The van der Waals surface area contributed by atoms with Crippen molar-refractivity contribution >= 4 is 11.0 Å². The molecule has 0 unspecified atom stereocenters. The Morgan fingerprint density at radius 1 is 1.10 bits per heavy atom. The molecular formula is C14H22N2O3S. The summed E-state index contributed by atoms with van der Waals surface area (Å²) in [6.45, 7) is 5.39. The Hall–Kier alpha value is -1.11. The second kappa shape index (κ2) is 6.56. The van der Waals surface area contributed by atoms with Crippen molar-refractivity contribution in [2.75, 3.05) is 47.4 Å². The maximum Gasteiger partial charge on any atom is 0.142 e. The van der Waals surface area contributed by atoms with Gasteiger partial charge in [-0.2, -0.15) is 0 Å². The highest BCUT2D eigenvalue weighted by atomic mass is 32.2. The van der Waals surface area contributed by atoms with Crippen LogP contribution in [0.4, 0.5) is 0 Å². The number of methoxy groups -OCH3 is 2. The van der Waals surface area contributed by atoms with Crippen LogP contribution in [0.15, 0.2) is 17.0 Å². The van der Waals surface area contributed by atoms with Gasteiger partial charge >= 0.3 is 0 Å². The molecule has 0 bridgehead atoms. The van der Waals surface area contributed by atoms with Gasteiger partial charge in [-0.15, -0.1) is 0 Å². The molecule has 5 nitrogen and oxygen atoms in total. The van der Waals surface area contributed by atoms with Gasteiger partial charge in [-0.05, 0) is 26.1 Å². The number of nitrogens with zero attached hydrogens (tertiary/aromatic N) is 2. The molecule has 0 radical (unpaired) electrons. The minimum absolute atomic E-state index is 0.654. The lowest BCUT2D eigenvalue weighted by molar-refractivity contribution is 0.228. The monoisotopic (exact) mass is 298 g/mol. The van der Waals surface area contributed by atoms with Crippen LogP contribution in [-0.4, -0.2) is 60.9 Å². The quantitative estimate of drug-likeness (QED) is 0.840. The summed E-state index contributed by atoms with van der Waals surface area (Å²) in [4.78, 5) is 2.96. The van der Waals surface area contributed by atoms with Gasteiger partial charge in [-0.1, -0.05) is 0 Å². The van der Waals surface area contributed by atoms with Gasteiger partial charge < -0.3 is 14.4 Å². The first-order chi connectivity index (χ1) is 9.58. The summed E-state index contributed by atoms with van der Waals surface area (Å²) in [6, 6.07) is 3.68. The Morgan fingerprint density at radius 2 is 1.75 bits per heavy atom. The predicted molar refractivity (Wildman–Crippen MR) is 79.8 cm³/mol. The summed E-state index contributed by atoms with van der Waals surface area (Å²) in [5.41, 5.74) is 0.884. The highest BCUT2D eigenvalue weighted by molar-refractivity contribution is 7.82. The molecule has 0 aromatic heterocycles. The number of piperazine rings is 1. The summed E-state index contributed by atoms with van der Waals surface area (Å²) in [6.07, 6.45) is 0. The first-order valence-corrected chi connectivity index (χ1v) is 7.76. The molecule has 6 heteroatoms. The third-order valence-corrected chi connectivity index (χ3v) is 5.16. The van der Waals surface area contributed by atoms with Gasteiger partial charge in [0.05, 0.1) is 19.1 Å². The molecule has 112 valence electrons. The third kappa shape index (κ3) is 2.97. The van der Waals surface area contributed by atoms with Crippen molar-refractivity contribution in [1.82, 2.24) is 9.21 Å². The molecule has 1 aliphatic rings. The molecule has 1 aromatic carbocycles. The first kappa shape index (κ1) is 15.3. The summed E-state index contributed by atoms with van der Waals surface area (Å²) < 4.78 is 25.4. The zero-order chi connectivity index (χ0) is 14.7. The van der Waals surface area contributed by atoms with Crippen molar-refractivity contribution in [2.45, 2.75) is 11.8 Å². The normalized spacial score (nSPS) is 18.8. The average molecular weight is 298 g/mol. The number of ether oxygens (including phenoxy) is 2. The molecule has 0 saturated carbocycles. The maximum atomic E-state index is 12.7. The predicted octanol–water partition coefficient (Wildman–Crippen LogP) is 1.28. The lowest BCUT2D eigenvalue weighted by Gasteiger charge is -2.31. The number of benzene rings is 1. The standard InChI is InChI=1S/C14H22N2O3S/c1-11-12(18-3)5-6-13(14(11)19-4)20(17)16-9-7-15(2)8-10-16/h5-6H,7-10H2,1-4H3/t20-/m0/s1. The van der Waals surface area contributed by atoms with E-state index >= 15 is 0 Å². The SMILES string of the molecule is COc1ccc([S@](=O)N2CCN(C)CC2)c(OC)c1C. The smallest absolute Gasteiger partial charge is 0.142 e. The van der Waals surface area contributed by atoms with Crippen LogP contribution in [0.5, 0.6) is 11.5 Å².